The highest BCUT2D eigenvalue weighted by Crippen LogP contribution is 2.32. The molecule has 3 amide bonds. The Labute approximate surface area is 171 Å². The molecule has 31 heavy (non-hydrogen) atoms. The van der Waals surface area contributed by atoms with Crippen molar-refractivity contribution in [3.63, 3.8) is 0 Å². The second kappa shape index (κ2) is 8.01. The largest absolute Gasteiger partial charge is 0.468 e. The highest BCUT2D eigenvalue weighted by atomic mass is 19.4. The second-order valence-electron chi connectivity index (χ2n) is 6.39. The minimum absolute atomic E-state index is 0.0683. The number of benzene rings is 1. The average molecular weight is 438 g/mol. The summed E-state index contributed by atoms with van der Waals surface area (Å²) in [7, 11) is 0. The van der Waals surface area contributed by atoms with E-state index >= 15 is 0 Å². The van der Waals surface area contributed by atoms with Crippen LogP contribution in [0.3, 0.4) is 0 Å². The Hall–Kier alpha value is -4.03. The fourth-order valence-corrected chi connectivity index (χ4v) is 2.85. The summed E-state index contributed by atoms with van der Waals surface area (Å²) in [6.45, 7) is -0.286. The third kappa shape index (κ3) is 4.44. The number of carbonyl (C=O) groups excluding carboxylic acids is 3. The van der Waals surface area contributed by atoms with Crippen LogP contribution < -0.4 is 10.1 Å². The number of nitrogens with one attached hydrogen (secondary N) is 1. The maximum Gasteiger partial charge on any atom is 0.422 e. The number of alkyl halides is 3. The van der Waals surface area contributed by atoms with Crippen molar-refractivity contribution in [2.75, 3.05) is 11.9 Å². The number of hydrogen-bond donors (Lipinski definition) is 1. The van der Waals surface area contributed by atoms with E-state index in [1.165, 1.54) is 25.1 Å². The van der Waals surface area contributed by atoms with Gasteiger partial charge in [0, 0.05) is 12.1 Å². The molecule has 0 fully saturated rings. The number of fused-ring (bicyclic) bond motifs is 1. The molecule has 13 heteroatoms. The lowest BCUT2D eigenvalue weighted by molar-refractivity contribution is -0.385. The smallest absolute Gasteiger partial charge is 0.422 e. The van der Waals surface area contributed by atoms with Crippen LogP contribution in [0.25, 0.3) is 0 Å². The fourth-order valence-electron chi connectivity index (χ4n) is 2.85. The van der Waals surface area contributed by atoms with E-state index in [2.05, 4.69) is 15.0 Å². The number of imide groups is 1. The van der Waals surface area contributed by atoms with Crippen molar-refractivity contribution in [3.05, 3.63) is 57.8 Å². The fraction of sp³-hybridized carbons (Fsp3) is 0.222. The van der Waals surface area contributed by atoms with Crippen LogP contribution in [0.4, 0.5) is 24.5 Å². The van der Waals surface area contributed by atoms with Gasteiger partial charge in [-0.05, 0) is 19.1 Å². The highest BCUT2D eigenvalue weighted by Gasteiger charge is 2.44. The maximum absolute atomic E-state index is 12.6. The van der Waals surface area contributed by atoms with Crippen LogP contribution in [0.5, 0.6) is 5.88 Å². The van der Waals surface area contributed by atoms with E-state index in [1.807, 2.05) is 0 Å². The quantitative estimate of drug-likeness (QED) is 0.416. The molecule has 0 saturated heterocycles. The van der Waals surface area contributed by atoms with Gasteiger partial charge in [0.15, 0.2) is 6.61 Å². The summed E-state index contributed by atoms with van der Waals surface area (Å²) in [5.41, 5.74) is -1.07. The summed E-state index contributed by atoms with van der Waals surface area (Å²) >= 11 is 0. The molecule has 1 aliphatic heterocycles. The number of hydrogen-bond acceptors (Lipinski definition) is 7. The second-order valence-corrected chi connectivity index (χ2v) is 6.39. The molecular formula is C18H13F3N4O6. The molecule has 3 rings (SSSR count). The van der Waals surface area contributed by atoms with Gasteiger partial charge in [-0.15, -0.1) is 0 Å². The van der Waals surface area contributed by atoms with Gasteiger partial charge >= 0.3 is 6.18 Å². The molecule has 1 aromatic carbocycles. The van der Waals surface area contributed by atoms with E-state index in [0.29, 0.717) is 4.90 Å². The molecule has 1 N–H and O–H groups in total. The van der Waals surface area contributed by atoms with Crippen LogP contribution in [0.1, 0.15) is 27.6 Å². The number of halogens is 3. The van der Waals surface area contributed by atoms with Gasteiger partial charge in [-0.1, -0.05) is 6.07 Å². The Morgan fingerprint density at radius 2 is 1.97 bits per heavy atom. The third-order valence-corrected chi connectivity index (χ3v) is 4.28. The first-order valence-corrected chi connectivity index (χ1v) is 8.61. The lowest BCUT2D eigenvalue weighted by Gasteiger charge is -2.21. The Morgan fingerprint density at radius 3 is 2.55 bits per heavy atom. The predicted octanol–water partition coefficient (Wildman–Crippen LogP) is 2.55. The Balaban J connectivity index is 1.72. The molecule has 0 radical (unpaired) electrons. The zero-order valence-electron chi connectivity index (χ0n) is 15.7. The van der Waals surface area contributed by atoms with Gasteiger partial charge in [-0.2, -0.15) is 13.2 Å². The van der Waals surface area contributed by atoms with Gasteiger partial charge in [-0.25, -0.2) is 4.98 Å². The van der Waals surface area contributed by atoms with Crippen molar-refractivity contribution >= 4 is 29.1 Å². The SMILES string of the molecule is CC(C(=O)Nc1ccc(OCC(F)(F)F)nc1)N1C(=O)c2cccc([N+](=O)[O-])c2C1=O. The monoisotopic (exact) mass is 438 g/mol. The van der Waals surface area contributed by atoms with Gasteiger partial charge in [0.25, 0.3) is 17.5 Å². The number of nitrogens with zero attached hydrogens (tertiary/aromatic N) is 3. The van der Waals surface area contributed by atoms with E-state index in [-0.39, 0.29) is 17.1 Å². The maximum atomic E-state index is 12.6. The van der Waals surface area contributed by atoms with Crippen molar-refractivity contribution in [1.82, 2.24) is 9.88 Å². The Bertz CT molecular complexity index is 1070. The van der Waals surface area contributed by atoms with Gasteiger partial charge in [0.05, 0.1) is 22.4 Å². The summed E-state index contributed by atoms with van der Waals surface area (Å²) in [5.74, 6) is -2.98. The van der Waals surface area contributed by atoms with Crippen molar-refractivity contribution < 1.29 is 37.2 Å². The van der Waals surface area contributed by atoms with Gasteiger partial charge in [0.2, 0.25) is 11.8 Å². The predicted molar refractivity (Wildman–Crippen MR) is 97.5 cm³/mol. The molecule has 2 aromatic rings. The zero-order valence-corrected chi connectivity index (χ0v) is 15.7. The highest BCUT2D eigenvalue weighted by molar-refractivity contribution is 6.24. The summed E-state index contributed by atoms with van der Waals surface area (Å²) in [6.07, 6.45) is -3.50. The number of ether oxygens (including phenoxy) is 1. The molecule has 0 aliphatic carbocycles. The number of anilines is 1. The summed E-state index contributed by atoms with van der Waals surface area (Å²) < 4.78 is 40.9. The van der Waals surface area contributed by atoms with Gasteiger partial charge in [-0.3, -0.25) is 29.4 Å². The van der Waals surface area contributed by atoms with Crippen LogP contribution in [-0.4, -0.2) is 51.4 Å². The zero-order chi connectivity index (χ0) is 22.9. The van der Waals surface area contributed by atoms with Crippen molar-refractivity contribution in [3.8, 4) is 5.88 Å². The molecule has 162 valence electrons. The first-order chi connectivity index (χ1) is 14.5. The number of aromatic nitrogens is 1. The van der Waals surface area contributed by atoms with Crippen LogP contribution in [0.15, 0.2) is 36.5 Å². The van der Waals surface area contributed by atoms with E-state index in [9.17, 15) is 37.7 Å². The van der Waals surface area contributed by atoms with Crippen molar-refractivity contribution in [1.29, 1.82) is 0 Å². The molecule has 1 aromatic heterocycles. The van der Waals surface area contributed by atoms with Gasteiger partial charge in [0.1, 0.15) is 11.6 Å². The topological polar surface area (TPSA) is 132 Å². The van der Waals surface area contributed by atoms with E-state index in [0.717, 1.165) is 18.3 Å². The molecule has 0 spiro atoms. The number of pyridine rings is 1. The number of nitro benzene ring substituents is 1. The van der Waals surface area contributed by atoms with E-state index < -0.39 is 52.7 Å². The molecule has 1 atom stereocenters. The molecule has 0 bridgehead atoms. The number of nitro groups is 1. The molecule has 2 heterocycles. The number of amides is 3. The summed E-state index contributed by atoms with van der Waals surface area (Å²) in [6, 6.07) is 4.55. The van der Waals surface area contributed by atoms with Crippen LogP contribution >= 0.6 is 0 Å². The minimum atomic E-state index is -4.54. The normalized spacial score (nSPS) is 14.3. The van der Waals surface area contributed by atoms with E-state index in [4.69, 9.17) is 0 Å². The Morgan fingerprint density at radius 1 is 1.26 bits per heavy atom. The first-order valence-electron chi connectivity index (χ1n) is 8.61. The number of rotatable bonds is 6. The first kappa shape index (κ1) is 21.7. The lowest BCUT2D eigenvalue weighted by Crippen LogP contribution is -2.45. The van der Waals surface area contributed by atoms with Crippen molar-refractivity contribution in [2.24, 2.45) is 0 Å². The molecule has 1 unspecified atom stereocenters. The third-order valence-electron chi connectivity index (χ3n) is 4.28. The number of carbonyl (C=O) groups is 3. The molecule has 0 saturated carbocycles. The van der Waals surface area contributed by atoms with Crippen LogP contribution in [-0.2, 0) is 4.79 Å². The summed E-state index contributed by atoms with van der Waals surface area (Å²) in [5, 5.41) is 13.5. The molecule has 10 nitrogen and oxygen atoms in total. The summed E-state index contributed by atoms with van der Waals surface area (Å²) in [4.78, 5) is 52.3. The minimum Gasteiger partial charge on any atom is -0.468 e. The van der Waals surface area contributed by atoms with Crippen LogP contribution in [0, 0.1) is 10.1 Å². The average Bonchev–Trinajstić information content (AvgIpc) is 2.96. The Kier molecular flexibility index (Phi) is 5.60. The molecular weight excluding hydrogens is 425 g/mol. The van der Waals surface area contributed by atoms with Crippen LogP contribution in [0.2, 0.25) is 0 Å². The standard InChI is InChI=1S/C18H13F3N4O6/c1-9(15(26)23-10-5-6-13(22-7-10)31-8-18(19,20)21)24-16(27)11-3-2-4-12(25(29)30)14(11)17(24)28/h2-7,9H,8H2,1H3,(H,23,26). The van der Waals surface area contributed by atoms with Crippen molar-refractivity contribution in [2.45, 2.75) is 19.1 Å². The lowest BCUT2D eigenvalue weighted by atomic mass is 10.1. The van der Waals surface area contributed by atoms with Gasteiger partial charge < -0.3 is 10.1 Å². The van der Waals surface area contributed by atoms with E-state index in [1.54, 1.807) is 0 Å². The molecule has 1 aliphatic rings.